The zero-order chi connectivity index (χ0) is 40.8. The fraction of sp³-hybridized carbons (Fsp3) is 0.628. The van der Waals surface area contributed by atoms with Crippen molar-refractivity contribution >= 4 is 24.0 Å². The molecule has 3 aromatic rings. The molecule has 2 aliphatic heterocycles. The SMILES string of the molecule is COC(=O)N[C@H](C(=O)N1C[C@@H](C)CC1c1ncc(-c2ccc(-c3cnc([C@@H]4C[C@H](C)CN4C(=O)[C@@H](NC(=O)OC)C(C)C)[nH]3)c3c2CC2(CCCC2)C3)[nH]1)C(C)C. The Hall–Kier alpha value is -4.88. The highest BCUT2D eigenvalue weighted by Crippen LogP contribution is 2.53. The van der Waals surface area contributed by atoms with Crippen LogP contribution in [0, 0.1) is 29.1 Å². The van der Waals surface area contributed by atoms with E-state index in [-0.39, 0.29) is 53.0 Å². The lowest BCUT2D eigenvalue weighted by Crippen LogP contribution is -2.51. The van der Waals surface area contributed by atoms with Crippen molar-refractivity contribution in [2.75, 3.05) is 27.3 Å². The number of imidazole rings is 2. The summed E-state index contributed by atoms with van der Waals surface area (Å²) in [6, 6.07) is 2.49. The van der Waals surface area contributed by atoms with Crippen molar-refractivity contribution in [1.29, 1.82) is 0 Å². The van der Waals surface area contributed by atoms with Crippen LogP contribution in [0.2, 0.25) is 0 Å². The lowest BCUT2D eigenvalue weighted by atomic mass is 9.83. The predicted molar refractivity (Wildman–Crippen MR) is 215 cm³/mol. The minimum absolute atomic E-state index is 0.119. The number of aromatic amines is 2. The normalized spacial score (nSPS) is 23.6. The Labute approximate surface area is 335 Å². The third kappa shape index (κ3) is 7.88. The molecule has 0 radical (unpaired) electrons. The number of rotatable bonds is 10. The number of amides is 4. The average molecular weight is 785 g/mol. The van der Waals surface area contributed by atoms with E-state index in [9.17, 15) is 19.2 Å². The van der Waals surface area contributed by atoms with Crippen LogP contribution in [0.4, 0.5) is 9.59 Å². The highest BCUT2D eigenvalue weighted by molar-refractivity contribution is 5.87. The molecule has 4 heterocycles. The molecule has 1 saturated carbocycles. The van der Waals surface area contributed by atoms with Crippen molar-refractivity contribution < 1.29 is 28.7 Å². The van der Waals surface area contributed by atoms with E-state index >= 15 is 0 Å². The minimum atomic E-state index is -0.706. The Morgan fingerprint density at radius 3 is 1.49 bits per heavy atom. The van der Waals surface area contributed by atoms with Gasteiger partial charge in [0.15, 0.2) is 0 Å². The Bertz CT molecular complexity index is 1850. The highest BCUT2D eigenvalue weighted by atomic mass is 16.5. The molecule has 6 atom stereocenters. The molecule has 1 aromatic carbocycles. The first-order chi connectivity index (χ1) is 27.2. The molecular formula is C43H60N8O6. The van der Waals surface area contributed by atoms with Crippen LogP contribution >= 0.6 is 0 Å². The van der Waals surface area contributed by atoms with Crippen LogP contribution in [0.1, 0.15) is 115 Å². The van der Waals surface area contributed by atoms with E-state index < -0.39 is 24.3 Å². The molecule has 57 heavy (non-hydrogen) atoms. The van der Waals surface area contributed by atoms with Crippen LogP contribution in [-0.2, 0) is 31.9 Å². The molecule has 14 nitrogen and oxygen atoms in total. The number of likely N-dealkylation sites (tertiary alicyclic amines) is 2. The lowest BCUT2D eigenvalue weighted by molar-refractivity contribution is -0.136. The first kappa shape index (κ1) is 40.3. The highest BCUT2D eigenvalue weighted by Gasteiger charge is 2.44. The molecule has 4 N–H and O–H groups in total. The number of hydrogen-bond donors (Lipinski definition) is 4. The summed E-state index contributed by atoms with van der Waals surface area (Å²) in [7, 11) is 2.61. The van der Waals surface area contributed by atoms with Crippen LogP contribution in [0.5, 0.6) is 0 Å². The first-order valence-electron chi connectivity index (χ1n) is 20.8. The molecule has 7 rings (SSSR count). The number of H-pyrrole nitrogens is 2. The van der Waals surface area contributed by atoms with E-state index in [1.807, 2.05) is 49.9 Å². The molecule has 4 aliphatic rings. The molecule has 2 saturated heterocycles. The van der Waals surface area contributed by atoms with Crippen LogP contribution < -0.4 is 10.6 Å². The van der Waals surface area contributed by atoms with Crippen LogP contribution in [0.25, 0.3) is 22.5 Å². The van der Waals surface area contributed by atoms with E-state index in [1.165, 1.54) is 51.0 Å². The average Bonchev–Trinajstić information content (AvgIpc) is 4.04. The zero-order valence-electron chi connectivity index (χ0n) is 34.7. The maximum Gasteiger partial charge on any atom is 0.407 e. The number of methoxy groups -OCH3 is 2. The number of benzene rings is 1. The summed E-state index contributed by atoms with van der Waals surface area (Å²) >= 11 is 0. The second kappa shape index (κ2) is 16.2. The summed E-state index contributed by atoms with van der Waals surface area (Å²) in [6.45, 7) is 13.1. The van der Waals surface area contributed by atoms with Gasteiger partial charge < -0.3 is 39.9 Å². The number of carbonyl (C=O) groups is 4. The van der Waals surface area contributed by atoms with Gasteiger partial charge in [0.1, 0.15) is 23.7 Å². The van der Waals surface area contributed by atoms with Crippen LogP contribution in [-0.4, -0.2) is 93.1 Å². The van der Waals surface area contributed by atoms with Gasteiger partial charge in [-0.1, -0.05) is 66.5 Å². The first-order valence-corrected chi connectivity index (χ1v) is 20.8. The number of ether oxygens (including phenoxy) is 2. The van der Waals surface area contributed by atoms with Gasteiger partial charge in [-0.3, -0.25) is 9.59 Å². The zero-order valence-corrected chi connectivity index (χ0v) is 34.7. The Morgan fingerprint density at radius 2 is 1.12 bits per heavy atom. The van der Waals surface area contributed by atoms with Crippen LogP contribution in [0.3, 0.4) is 0 Å². The van der Waals surface area contributed by atoms with Gasteiger partial charge in [0, 0.05) is 24.2 Å². The molecule has 1 spiro atoms. The molecule has 1 unspecified atom stereocenters. The fourth-order valence-electron chi connectivity index (χ4n) is 10.0. The molecule has 4 amide bonds. The number of nitrogens with zero attached hydrogens (tertiary/aromatic N) is 4. The van der Waals surface area contributed by atoms with E-state index in [0.29, 0.717) is 13.1 Å². The molecule has 14 heteroatoms. The quantitative estimate of drug-likeness (QED) is 0.176. The third-order valence-corrected chi connectivity index (χ3v) is 13.0. The van der Waals surface area contributed by atoms with Gasteiger partial charge in [-0.25, -0.2) is 19.6 Å². The molecule has 2 aromatic heterocycles. The smallest absolute Gasteiger partial charge is 0.407 e. The third-order valence-electron chi connectivity index (χ3n) is 13.0. The van der Waals surface area contributed by atoms with Crippen molar-refractivity contribution in [3.8, 4) is 22.5 Å². The Morgan fingerprint density at radius 1 is 0.719 bits per heavy atom. The van der Waals surface area contributed by atoms with Gasteiger partial charge in [-0.15, -0.1) is 0 Å². The maximum atomic E-state index is 13.9. The van der Waals surface area contributed by atoms with Gasteiger partial charge in [0.05, 0.1) is 50.1 Å². The maximum absolute atomic E-state index is 13.9. The second-order valence-electron chi connectivity index (χ2n) is 18.0. The summed E-state index contributed by atoms with van der Waals surface area (Å²) in [4.78, 5) is 73.0. The van der Waals surface area contributed by atoms with Gasteiger partial charge in [0.25, 0.3) is 0 Å². The number of aromatic nitrogens is 4. The molecule has 2 aliphatic carbocycles. The number of carbonyl (C=O) groups excluding carboxylic acids is 4. The number of fused-ring (bicyclic) bond motifs is 1. The Kier molecular flexibility index (Phi) is 11.4. The van der Waals surface area contributed by atoms with Crippen molar-refractivity contribution in [2.45, 2.75) is 117 Å². The summed E-state index contributed by atoms with van der Waals surface area (Å²) in [5, 5.41) is 5.50. The molecular weight excluding hydrogens is 725 g/mol. The summed E-state index contributed by atoms with van der Waals surface area (Å²) in [5.74, 6) is 1.54. The van der Waals surface area contributed by atoms with Gasteiger partial charge in [-0.2, -0.15) is 0 Å². The number of nitrogens with one attached hydrogen (secondary N) is 4. The summed E-state index contributed by atoms with van der Waals surface area (Å²) in [6.07, 6.45) is 11.0. The van der Waals surface area contributed by atoms with E-state index in [4.69, 9.17) is 19.4 Å². The predicted octanol–water partition coefficient (Wildman–Crippen LogP) is 6.71. The topological polar surface area (TPSA) is 175 Å². The number of hydrogen-bond acceptors (Lipinski definition) is 8. The van der Waals surface area contributed by atoms with Crippen LogP contribution in [0.15, 0.2) is 24.5 Å². The standard InChI is InChI=1S/C43H60N8O6/c1-23(2)35(48-41(54)56-7)39(52)50-21-25(5)15-33(50)37-44-19-31(46-37)27-11-12-28(30-18-43(17-29(27)30)13-9-10-14-43)32-20-45-38(47-32)34-16-26(6)22-51(34)40(53)36(24(3)4)49-42(55)57-8/h11-12,19-20,23-26,33-36H,9-10,13-18,21-22H2,1-8H3,(H,44,46)(H,45,47)(H,48,54)(H,49,55)/t25-,26-,33-,34?,35-,36-/m0/s1. The molecule has 3 fully saturated rings. The summed E-state index contributed by atoms with van der Waals surface area (Å²) < 4.78 is 9.66. The van der Waals surface area contributed by atoms with Crippen molar-refractivity contribution in [3.05, 3.63) is 47.3 Å². The largest absolute Gasteiger partial charge is 0.453 e. The van der Waals surface area contributed by atoms with E-state index in [2.05, 4.69) is 46.6 Å². The number of alkyl carbamates (subject to hydrolysis) is 2. The van der Waals surface area contributed by atoms with Gasteiger partial charge in [-0.05, 0) is 78.7 Å². The van der Waals surface area contributed by atoms with Crippen molar-refractivity contribution in [2.24, 2.45) is 29.1 Å². The van der Waals surface area contributed by atoms with E-state index in [1.54, 1.807) is 0 Å². The monoisotopic (exact) mass is 784 g/mol. The van der Waals surface area contributed by atoms with Gasteiger partial charge >= 0.3 is 12.2 Å². The minimum Gasteiger partial charge on any atom is -0.453 e. The molecule has 0 bridgehead atoms. The molecule has 308 valence electrons. The summed E-state index contributed by atoms with van der Waals surface area (Å²) in [5.41, 5.74) is 7.01. The van der Waals surface area contributed by atoms with Crippen molar-refractivity contribution in [3.63, 3.8) is 0 Å². The lowest BCUT2D eigenvalue weighted by Gasteiger charge is -2.30. The van der Waals surface area contributed by atoms with Crippen molar-refractivity contribution in [1.82, 2.24) is 40.4 Å². The van der Waals surface area contributed by atoms with Gasteiger partial charge in [0.2, 0.25) is 11.8 Å². The Balaban J connectivity index is 1.18. The second-order valence-corrected chi connectivity index (χ2v) is 18.0. The van der Waals surface area contributed by atoms with E-state index in [0.717, 1.165) is 59.8 Å². The fourth-order valence-corrected chi connectivity index (χ4v) is 10.0.